The number of nitrogens with zero attached hydrogens (tertiary/aromatic N) is 3. The molecule has 0 amide bonds. The third-order valence-electron chi connectivity index (χ3n) is 3.40. The summed E-state index contributed by atoms with van der Waals surface area (Å²) >= 11 is 1.67. The van der Waals surface area contributed by atoms with Crippen LogP contribution in [0.5, 0.6) is 0 Å². The SMILES string of the molecule is NCC1CCCN(c2n[nH]c(-c3ccsc3)n2)C1. The number of aromatic nitrogens is 3. The van der Waals surface area contributed by atoms with Crippen LogP contribution in [0.2, 0.25) is 0 Å². The number of anilines is 1. The van der Waals surface area contributed by atoms with E-state index in [-0.39, 0.29) is 0 Å². The zero-order chi connectivity index (χ0) is 12.4. The molecule has 0 saturated carbocycles. The molecule has 2 aromatic heterocycles. The molecule has 0 aromatic carbocycles. The summed E-state index contributed by atoms with van der Waals surface area (Å²) < 4.78 is 0. The van der Waals surface area contributed by atoms with Gasteiger partial charge in [-0.15, -0.1) is 5.10 Å². The molecule has 1 saturated heterocycles. The van der Waals surface area contributed by atoms with Gasteiger partial charge in [0.2, 0.25) is 5.95 Å². The lowest BCUT2D eigenvalue weighted by Gasteiger charge is -2.31. The Labute approximate surface area is 110 Å². The van der Waals surface area contributed by atoms with Crippen molar-refractivity contribution in [1.29, 1.82) is 0 Å². The van der Waals surface area contributed by atoms with E-state index in [2.05, 4.69) is 25.5 Å². The second-order valence-electron chi connectivity index (χ2n) is 4.69. The van der Waals surface area contributed by atoms with Crippen molar-refractivity contribution in [3.8, 4) is 11.4 Å². The molecule has 1 aliphatic heterocycles. The minimum atomic E-state index is 0.571. The van der Waals surface area contributed by atoms with Crippen LogP contribution in [0.25, 0.3) is 11.4 Å². The first-order valence-electron chi connectivity index (χ1n) is 6.27. The van der Waals surface area contributed by atoms with E-state index in [1.54, 1.807) is 11.3 Å². The lowest BCUT2D eigenvalue weighted by molar-refractivity contribution is 0.420. The summed E-state index contributed by atoms with van der Waals surface area (Å²) in [5.74, 6) is 2.22. The first-order chi connectivity index (χ1) is 8.86. The van der Waals surface area contributed by atoms with Gasteiger partial charge in [-0.05, 0) is 36.8 Å². The maximum atomic E-state index is 5.75. The second-order valence-corrected chi connectivity index (χ2v) is 5.47. The Balaban J connectivity index is 1.77. The molecular weight excluding hydrogens is 246 g/mol. The Kier molecular flexibility index (Phi) is 3.29. The molecule has 18 heavy (non-hydrogen) atoms. The van der Waals surface area contributed by atoms with Crippen LogP contribution in [-0.4, -0.2) is 34.8 Å². The first-order valence-corrected chi connectivity index (χ1v) is 7.21. The van der Waals surface area contributed by atoms with E-state index in [0.29, 0.717) is 5.92 Å². The van der Waals surface area contributed by atoms with E-state index >= 15 is 0 Å². The lowest BCUT2D eigenvalue weighted by atomic mass is 9.99. The zero-order valence-corrected chi connectivity index (χ0v) is 11.0. The van der Waals surface area contributed by atoms with Crippen LogP contribution in [-0.2, 0) is 0 Å². The molecule has 1 atom stereocenters. The number of hydrogen-bond acceptors (Lipinski definition) is 5. The maximum absolute atomic E-state index is 5.75. The van der Waals surface area contributed by atoms with E-state index in [1.807, 2.05) is 11.4 Å². The van der Waals surface area contributed by atoms with Gasteiger partial charge in [0.1, 0.15) is 0 Å². The highest BCUT2D eigenvalue weighted by molar-refractivity contribution is 7.08. The number of rotatable bonds is 3. The summed E-state index contributed by atoms with van der Waals surface area (Å²) in [6.07, 6.45) is 2.39. The van der Waals surface area contributed by atoms with Gasteiger partial charge < -0.3 is 10.6 Å². The van der Waals surface area contributed by atoms with Gasteiger partial charge in [0.25, 0.3) is 0 Å². The average Bonchev–Trinajstić information content (AvgIpc) is 3.09. The molecular formula is C12H17N5S. The van der Waals surface area contributed by atoms with Gasteiger partial charge in [-0.25, -0.2) is 0 Å². The molecule has 0 spiro atoms. The summed E-state index contributed by atoms with van der Waals surface area (Å²) in [5, 5.41) is 11.4. The highest BCUT2D eigenvalue weighted by Crippen LogP contribution is 2.23. The first kappa shape index (κ1) is 11.7. The molecule has 3 N–H and O–H groups in total. The molecule has 3 heterocycles. The molecule has 6 heteroatoms. The fourth-order valence-corrected chi connectivity index (χ4v) is 3.00. The Morgan fingerprint density at radius 3 is 3.28 bits per heavy atom. The van der Waals surface area contributed by atoms with Crippen molar-refractivity contribution in [2.24, 2.45) is 11.7 Å². The van der Waals surface area contributed by atoms with Crippen LogP contribution in [0.4, 0.5) is 5.95 Å². The molecule has 1 fully saturated rings. The van der Waals surface area contributed by atoms with Gasteiger partial charge in [0, 0.05) is 24.0 Å². The maximum Gasteiger partial charge on any atom is 0.245 e. The van der Waals surface area contributed by atoms with Crippen LogP contribution in [0.15, 0.2) is 16.8 Å². The number of aromatic amines is 1. The number of thiophene rings is 1. The molecule has 0 aliphatic carbocycles. The van der Waals surface area contributed by atoms with Crippen LogP contribution >= 0.6 is 11.3 Å². The van der Waals surface area contributed by atoms with Gasteiger partial charge in [-0.1, -0.05) is 0 Å². The molecule has 0 bridgehead atoms. The molecule has 1 unspecified atom stereocenters. The van der Waals surface area contributed by atoms with Crippen LogP contribution < -0.4 is 10.6 Å². The van der Waals surface area contributed by atoms with Crippen molar-refractivity contribution in [2.45, 2.75) is 12.8 Å². The number of piperidine rings is 1. The van der Waals surface area contributed by atoms with Gasteiger partial charge in [-0.3, -0.25) is 5.10 Å². The highest BCUT2D eigenvalue weighted by atomic mass is 32.1. The van der Waals surface area contributed by atoms with Gasteiger partial charge >= 0.3 is 0 Å². The zero-order valence-electron chi connectivity index (χ0n) is 10.2. The van der Waals surface area contributed by atoms with E-state index in [9.17, 15) is 0 Å². The van der Waals surface area contributed by atoms with Crippen molar-refractivity contribution >= 4 is 17.3 Å². The van der Waals surface area contributed by atoms with Gasteiger partial charge in [0.05, 0.1) is 0 Å². The van der Waals surface area contributed by atoms with Crippen molar-refractivity contribution in [1.82, 2.24) is 15.2 Å². The fraction of sp³-hybridized carbons (Fsp3) is 0.500. The summed E-state index contributed by atoms with van der Waals surface area (Å²) in [5.41, 5.74) is 6.85. The normalized spacial score (nSPS) is 20.3. The Hall–Kier alpha value is -1.40. The number of nitrogens with two attached hydrogens (primary N) is 1. The van der Waals surface area contributed by atoms with E-state index < -0.39 is 0 Å². The summed E-state index contributed by atoms with van der Waals surface area (Å²) in [7, 11) is 0. The smallest absolute Gasteiger partial charge is 0.245 e. The minimum absolute atomic E-state index is 0.571. The van der Waals surface area contributed by atoms with Crippen LogP contribution in [0.1, 0.15) is 12.8 Å². The number of hydrogen-bond donors (Lipinski definition) is 2. The minimum Gasteiger partial charge on any atom is -0.339 e. The number of H-pyrrole nitrogens is 1. The molecule has 96 valence electrons. The quantitative estimate of drug-likeness (QED) is 0.884. The van der Waals surface area contributed by atoms with Crippen molar-refractivity contribution in [3.05, 3.63) is 16.8 Å². The average molecular weight is 263 g/mol. The summed E-state index contributed by atoms with van der Waals surface area (Å²) in [6, 6.07) is 2.05. The van der Waals surface area contributed by atoms with Gasteiger partial charge in [-0.2, -0.15) is 16.3 Å². The van der Waals surface area contributed by atoms with Crippen molar-refractivity contribution in [3.63, 3.8) is 0 Å². The highest BCUT2D eigenvalue weighted by Gasteiger charge is 2.21. The Morgan fingerprint density at radius 2 is 2.50 bits per heavy atom. The fourth-order valence-electron chi connectivity index (χ4n) is 2.36. The Morgan fingerprint density at radius 1 is 1.56 bits per heavy atom. The van der Waals surface area contributed by atoms with Crippen LogP contribution in [0, 0.1) is 5.92 Å². The predicted molar refractivity (Wildman–Crippen MR) is 73.7 cm³/mol. The van der Waals surface area contributed by atoms with Crippen molar-refractivity contribution in [2.75, 3.05) is 24.5 Å². The molecule has 0 radical (unpaired) electrons. The standard InChI is InChI=1S/C12H17N5S/c13-6-9-2-1-4-17(7-9)12-14-11(15-16-12)10-3-5-18-8-10/h3,5,8-9H,1-2,4,6-7,13H2,(H,14,15,16). The van der Waals surface area contributed by atoms with Crippen molar-refractivity contribution < 1.29 is 0 Å². The largest absolute Gasteiger partial charge is 0.339 e. The van der Waals surface area contributed by atoms with E-state index in [4.69, 9.17) is 5.73 Å². The number of nitrogens with one attached hydrogen (secondary N) is 1. The van der Waals surface area contributed by atoms with Gasteiger partial charge in [0.15, 0.2) is 5.82 Å². The third kappa shape index (κ3) is 2.26. The molecule has 5 nitrogen and oxygen atoms in total. The molecule has 2 aromatic rings. The summed E-state index contributed by atoms with van der Waals surface area (Å²) in [4.78, 5) is 6.80. The molecule has 1 aliphatic rings. The topological polar surface area (TPSA) is 70.8 Å². The molecule has 3 rings (SSSR count). The summed E-state index contributed by atoms with van der Waals surface area (Å²) in [6.45, 7) is 2.74. The lowest BCUT2D eigenvalue weighted by Crippen LogP contribution is -2.38. The van der Waals surface area contributed by atoms with E-state index in [0.717, 1.165) is 37.0 Å². The predicted octanol–water partition coefficient (Wildman–Crippen LogP) is 1.71. The van der Waals surface area contributed by atoms with E-state index in [1.165, 1.54) is 12.8 Å². The van der Waals surface area contributed by atoms with Crippen LogP contribution in [0.3, 0.4) is 0 Å². The second kappa shape index (κ2) is 5.07. The monoisotopic (exact) mass is 263 g/mol. The Bertz CT molecular complexity index is 492. The third-order valence-corrected chi connectivity index (χ3v) is 4.09.